The molecule has 0 spiro atoms. The number of nitrogens with one attached hydrogen (secondary N) is 1. The molecule has 0 radical (unpaired) electrons. The molecule has 0 aliphatic heterocycles. The van der Waals surface area contributed by atoms with E-state index in [4.69, 9.17) is 4.98 Å². The Balaban J connectivity index is 1.59. The van der Waals surface area contributed by atoms with Crippen molar-refractivity contribution in [2.75, 3.05) is 5.32 Å². The molecule has 4 rings (SSSR count). The number of thiophene rings is 1. The zero-order valence-electron chi connectivity index (χ0n) is 18.0. The van der Waals surface area contributed by atoms with Crippen LogP contribution in [0.25, 0.3) is 16.7 Å². The zero-order valence-corrected chi connectivity index (χ0v) is 18.8. The first kappa shape index (κ1) is 20.9. The second-order valence-electron chi connectivity index (χ2n) is 7.81. The fraction of sp³-hybridized carbons (Fsp3) is 0.250. The van der Waals surface area contributed by atoms with Gasteiger partial charge in [-0.1, -0.05) is 17.7 Å². The average Bonchev–Trinajstić information content (AvgIpc) is 3.37. The van der Waals surface area contributed by atoms with Crippen LogP contribution in [0.3, 0.4) is 0 Å². The van der Waals surface area contributed by atoms with Crippen LogP contribution in [-0.4, -0.2) is 26.5 Å². The van der Waals surface area contributed by atoms with Crippen molar-refractivity contribution >= 4 is 39.7 Å². The van der Waals surface area contributed by atoms with Crippen molar-refractivity contribution in [3.63, 3.8) is 0 Å². The maximum absolute atomic E-state index is 12.5. The van der Waals surface area contributed by atoms with Crippen molar-refractivity contribution in [2.24, 2.45) is 0 Å². The number of aromatic nitrogens is 3. The molecule has 6 nitrogen and oxygen atoms in total. The number of carbonyl (C=O) groups excluding carboxylic acids is 2. The van der Waals surface area contributed by atoms with E-state index in [1.165, 1.54) is 16.9 Å². The summed E-state index contributed by atoms with van der Waals surface area (Å²) in [7, 11) is 0. The number of hydrogen-bond donors (Lipinski definition) is 1. The predicted molar refractivity (Wildman–Crippen MR) is 124 cm³/mol. The summed E-state index contributed by atoms with van der Waals surface area (Å²) in [6.45, 7) is 8.05. The number of ketones is 1. The Morgan fingerprint density at radius 1 is 1.03 bits per heavy atom. The van der Waals surface area contributed by atoms with E-state index in [9.17, 15) is 9.59 Å². The third-order valence-corrected chi connectivity index (χ3v) is 6.04. The molecular weight excluding hydrogens is 408 g/mol. The van der Waals surface area contributed by atoms with E-state index in [1.54, 1.807) is 10.7 Å². The largest absolute Gasteiger partial charge is 0.311 e. The maximum atomic E-state index is 12.5. The van der Waals surface area contributed by atoms with Gasteiger partial charge in [-0.15, -0.1) is 11.3 Å². The fourth-order valence-corrected chi connectivity index (χ4v) is 4.39. The number of Topliss-reactive ketones (excluding diaryl/α,β-unsaturated/α-hetero) is 1. The van der Waals surface area contributed by atoms with Crippen LogP contribution < -0.4 is 5.32 Å². The van der Waals surface area contributed by atoms with Gasteiger partial charge in [-0.3, -0.25) is 9.59 Å². The smallest absolute Gasteiger partial charge is 0.225 e. The molecule has 1 N–H and O–H groups in total. The lowest BCUT2D eigenvalue weighted by molar-refractivity contribution is -0.116. The lowest BCUT2D eigenvalue weighted by atomic mass is 10.0. The molecule has 4 aromatic rings. The van der Waals surface area contributed by atoms with Gasteiger partial charge < -0.3 is 5.32 Å². The average molecular weight is 433 g/mol. The van der Waals surface area contributed by atoms with Crippen molar-refractivity contribution in [2.45, 2.75) is 40.5 Å². The summed E-state index contributed by atoms with van der Waals surface area (Å²) in [5.41, 5.74) is 5.08. The van der Waals surface area contributed by atoms with Gasteiger partial charge in [-0.25, -0.2) is 4.98 Å². The molecule has 3 heterocycles. The van der Waals surface area contributed by atoms with Gasteiger partial charge in [0.05, 0.1) is 16.1 Å². The predicted octanol–water partition coefficient (Wildman–Crippen LogP) is 5.32. The van der Waals surface area contributed by atoms with E-state index >= 15 is 0 Å². The highest BCUT2D eigenvalue weighted by Gasteiger charge is 2.16. The highest BCUT2D eigenvalue weighted by Crippen LogP contribution is 2.26. The lowest BCUT2D eigenvalue weighted by Gasteiger charge is -2.12. The van der Waals surface area contributed by atoms with Gasteiger partial charge in [0.25, 0.3) is 0 Å². The molecule has 7 heteroatoms. The van der Waals surface area contributed by atoms with Crippen LogP contribution >= 0.6 is 11.3 Å². The van der Waals surface area contributed by atoms with Gasteiger partial charge in [0, 0.05) is 24.3 Å². The summed E-state index contributed by atoms with van der Waals surface area (Å²) in [6, 6.07) is 11.6. The number of benzene rings is 1. The highest BCUT2D eigenvalue weighted by atomic mass is 32.1. The quantitative estimate of drug-likeness (QED) is 0.419. The van der Waals surface area contributed by atoms with E-state index in [-0.39, 0.29) is 24.5 Å². The molecule has 0 aliphatic rings. The van der Waals surface area contributed by atoms with Crippen LogP contribution in [0.2, 0.25) is 0 Å². The Kier molecular flexibility index (Phi) is 5.69. The Morgan fingerprint density at radius 2 is 1.84 bits per heavy atom. The summed E-state index contributed by atoms with van der Waals surface area (Å²) < 4.78 is 1.65. The molecule has 0 unspecified atom stereocenters. The molecule has 1 aromatic carbocycles. The Hall–Kier alpha value is -3.32. The molecule has 0 aliphatic carbocycles. The standard InChI is InChI=1S/C24H24N4O2S/c1-14-10-16(3)24-18(11-14)15(2)12-21(26-24)28-22(13-17(4)27-28)25-23(30)8-7-19(29)20-6-5-9-31-20/h5-6,9-13H,7-8H2,1-4H3,(H,25,30). The molecular formula is C24H24N4O2S. The highest BCUT2D eigenvalue weighted by molar-refractivity contribution is 7.12. The Morgan fingerprint density at radius 3 is 2.58 bits per heavy atom. The zero-order chi connectivity index (χ0) is 22.1. The first-order valence-electron chi connectivity index (χ1n) is 10.1. The van der Waals surface area contributed by atoms with E-state index in [0.29, 0.717) is 16.5 Å². The van der Waals surface area contributed by atoms with Crippen LogP contribution in [0.5, 0.6) is 0 Å². The molecule has 0 bridgehead atoms. The number of rotatable bonds is 6. The minimum absolute atomic E-state index is 0.0209. The molecule has 0 saturated heterocycles. The summed E-state index contributed by atoms with van der Waals surface area (Å²) >= 11 is 1.39. The number of amides is 1. The molecule has 1 amide bonds. The molecule has 3 aromatic heterocycles. The van der Waals surface area contributed by atoms with Crippen molar-refractivity contribution in [3.8, 4) is 5.82 Å². The third kappa shape index (κ3) is 4.41. The minimum atomic E-state index is -0.227. The van der Waals surface area contributed by atoms with Gasteiger partial charge in [-0.2, -0.15) is 9.78 Å². The summed E-state index contributed by atoms with van der Waals surface area (Å²) in [6.07, 6.45) is 0.287. The summed E-state index contributed by atoms with van der Waals surface area (Å²) in [4.78, 5) is 30.2. The molecule has 158 valence electrons. The molecule has 31 heavy (non-hydrogen) atoms. The Bertz CT molecular complexity index is 1290. The Labute approximate surface area is 184 Å². The third-order valence-electron chi connectivity index (χ3n) is 5.13. The van der Waals surface area contributed by atoms with Gasteiger partial charge in [-0.05, 0) is 62.4 Å². The molecule has 0 fully saturated rings. The molecule has 0 saturated carbocycles. The second kappa shape index (κ2) is 8.43. The number of hydrogen-bond acceptors (Lipinski definition) is 5. The van der Waals surface area contributed by atoms with Gasteiger partial charge in [0.15, 0.2) is 11.6 Å². The van der Waals surface area contributed by atoms with Gasteiger partial charge in [0.2, 0.25) is 5.91 Å². The van der Waals surface area contributed by atoms with Crippen LogP contribution in [0.4, 0.5) is 5.82 Å². The minimum Gasteiger partial charge on any atom is -0.311 e. The van der Waals surface area contributed by atoms with Crippen LogP contribution in [0, 0.1) is 27.7 Å². The van der Waals surface area contributed by atoms with Crippen LogP contribution in [0.15, 0.2) is 41.8 Å². The van der Waals surface area contributed by atoms with Crippen LogP contribution in [-0.2, 0) is 4.79 Å². The summed E-state index contributed by atoms with van der Waals surface area (Å²) in [5, 5.41) is 10.4. The van der Waals surface area contributed by atoms with Crippen molar-refractivity contribution in [1.29, 1.82) is 0 Å². The van der Waals surface area contributed by atoms with E-state index in [1.807, 2.05) is 37.4 Å². The number of pyridine rings is 1. The topological polar surface area (TPSA) is 76.9 Å². The maximum Gasteiger partial charge on any atom is 0.225 e. The second-order valence-corrected chi connectivity index (χ2v) is 8.75. The van der Waals surface area contributed by atoms with E-state index < -0.39 is 0 Å². The van der Waals surface area contributed by atoms with Crippen molar-refractivity contribution < 1.29 is 9.59 Å². The first-order valence-corrected chi connectivity index (χ1v) is 11.0. The van der Waals surface area contributed by atoms with Crippen molar-refractivity contribution in [1.82, 2.24) is 14.8 Å². The number of carbonyl (C=O) groups is 2. The molecule has 0 atom stereocenters. The number of aryl methyl sites for hydroxylation is 4. The normalized spacial score (nSPS) is 11.1. The SMILES string of the molecule is Cc1cc(C)c2nc(-n3nc(C)cc3NC(=O)CCC(=O)c3cccs3)cc(C)c2c1. The number of nitrogens with zero attached hydrogens (tertiary/aromatic N) is 3. The monoisotopic (exact) mass is 432 g/mol. The van der Waals surface area contributed by atoms with Crippen molar-refractivity contribution in [3.05, 3.63) is 69.0 Å². The van der Waals surface area contributed by atoms with Gasteiger partial charge >= 0.3 is 0 Å². The van der Waals surface area contributed by atoms with E-state index in [2.05, 4.69) is 36.4 Å². The number of fused-ring (bicyclic) bond motifs is 1. The lowest BCUT2D eigenvalue weighted by Crippen LogP contribution is -2.16. The first-order chi connectivity index (χ1) is 14.8. The van der Waals surface area contributed by atoms with E-state index in [0.717, 1.165) is 27.7 Å². The number of anilines is 1. The fourth-order valence-electron chi connectivity index (χ4n) is 3.69. The summed E-state index contributed by atoms with van der Waals surface area (Å²) in [5.74, 6) is 0.944. The van der Waals surface area contributed by atoms with Crippen LogP contribution in [0.1, 0.15) is 44.9 Å². The van der Waals surface area contributed by atoms with Gasteiger partial charge in [0.1, 0.15) is 5.82 Å².